The first kappa shape index (κ1) is 24.7. The zero-order chi connectivity index (χ0) is 25.7. The van der Waals surface area contributed by atoms with E-state index in [0.29, 0.717) is 30.3 Å². The number of carbonyl (C=O) groups excluding carboxylic acids is 1. The highest BCUT2D eigenvalue weighted by Crippen LogP contribution is 2.29. The van der Waals surface area contributed by atoms with E-state index in [1.54, 1.807) is 54.6 Å². The minimum absolute atomic E-state index is 0.0356. The van der Waals surface area contributed by atoms with Crippen molar-refractivity contribution in [2.24, 2.45) is 0 Å². The fraction of sp³-hybridized carbons (Fsp3) is 0.200. The van der Waals surface area contributed by atoms with E-state index in [1.165, 1.54) is 4.31 Å². The minimum Gasteiger partial charge on any atom is -0.339 e. The molecule has 0 radical (unpaired) electrons. The summed E-state index contributed by atoms with van der Waals surface area (Å²) < 4.78 is 28.6. The van der Waals surface area contributed by atoms with E-state index in [4.69, 9.17) is 0 Å². The molecule has 37 heavy (non-hydrogen) atoms. The molecule has 0 saturated carbocycles. The van der Waals surface area contributed by atoms with Crippen LogP contribution >= 0.6 is 0 Å². The van der Waals surface area contributed by atoms with Crippen molar-refractivity contribution < 1.29 is 13.2 Å². The van der Waals surface area contributed by atoms with E-state index in [9.17, 15) is 13.2 Å². The van der Waals surface area contributed by atoms with Gasteiger partial charge in [-0.3, -0.25) is 14.1 Å². The number of amides is 1. The Labute approximate surface area is 218 Å². The molecule has 0 spiro atoms. The van der Waals surface area contributed by atoms with Gasteiger partial charge in [-0.1, -0.05) is 54.6 Å². The summed E-state index contributed by atoms with van der Waals surface area (Å²) in [5, 5.41) is 0. The molecule has 0 unspecified atom stereocenters. The molecule has 4 aromatic rings. The van der Waals surface area contributed by atoms with Crippen LogP contribution in [0.5, 0.6) is 0 Å². The molecule has 5 rings (SSSR count). The molecule has 0 atom stereocenters. The zero-order valence-corrected chi connectivity index (χ0v) is 21.3. The van der Waals surface area contributed by atoms with Gasteiger partial charge in [-0.2, -0.15) is 0 Å². The predicted octanol–water partition coefficient (Wildman–Crippen LogP) is 5.50. The van der Waals surface area contributed by atoms with E-state index < -0.39 is 10.0 Å². The van der Waals surface area contributed by atoms with Crippen LogP contribution in [0, 0.1) is 0 Å². The molecule has 0 aliphatic carbocycles. The van der Waals surface area contributed by atoms with E-state index in [-0.39, 0.29) is 17.3 Å². The molecule has 6 nitrogen and oxygen atoms in total. The summed E-state index contributed by atoms with van der Waals surface area (Å²) in [5.41, 5.74) is 3.02. The highest BCUT2D eigenvalue weighted by atomic mass is 32.2. The Balaban J connectivity index is 1.34. The summed E-state index contributed by atoms with van der Waals surface area (Å²) in [5.74, 6) is 0.328. The van der Waals surface area contributed by atoms with Gasteiger partial charge in [0, 0.05) is 36.5 Å². The Bertz CT molecular complexity index is 1420. The summed E-state index contributed by atoms with van der Waals surface area (Å²) in [6.45, 7) is 1.53. The van der Waals surface area contributed by atoms with E-state index in [2.05, 4.69) is 4.98 Å². The highest BCUT2D eigenvalue weighted by molar-refractivity contribution is 7.92. The fourth-order valence-electron chi connectivity index (χ4n) is 4.73. The van der Waals surface area contributed by atoms with Crippen LogP contribution in [0.4, 0.5) is 5.69 Å². The molecule has 1 fully saturated rings. The van der Waals surface area contributed by atoms with Crippen molar-refractivity contribution >= 4 is 21.6 Å². The number of piperidine rings is 1. The van der Waals surface area contributed by atoms with Gasteiger partial charge < -0.3 is 4.90 Å². The molecule has 3 aromatic carbocycles. The van der Waals surface area contributed by atoms with Gasteiger partial charge in [0.05, 0.1) is 17.1 Å². The van der Waals surface area contributed by atoms with Gasteiger partial charge in [0.1, 0.15) is 0 Å². The first-order valence-corrected chi connectivity index (χ1v) is 13.9. The average Bonchev–Trinajstić information content (AvgIpc) is 2.97. The number of hydrogen-bond donors (Lipinski definition) is 0. The predicted molar refractivity (Wildman–Crippen MR) is 145 cm³/mol. The number of nitrogens with zero attached hydrogens (tertiary/aromatic N) is 3. The second-order valence-electron chi connectivity index (χ2n) is 9.18. The number of aromatic nitrogens is 1. The van der Waals surface area contributed by atoms with Crippen molar-refractivity contribution in [1.82, 2.24) is 9.88 Å². The molecule has 1 amide bonds. The number of hydrogen-bond acceptors (Lipinski definition) is 4. The van der Waals surface area contributed by atoms with Crippen LogP contribution in [0.25, 0.3) is 0 Å². The van der Waals surface area contributed by atoms with Crippen LogP contribution in [0.1, 0.15) is 40.4 Å². The summed E-state index contributed by atoms with van der Waals surface area (Å²) in [4.78, 5) is 19.8. The largest absolute Gasteiger partial charge is 0.339 e. The topological polar surface area (TPSA) is 70.6 Å². The molecule has 188 valence electrons. The van der Waals surface area contributed by atoms with Crippen molar-refractivity contribution in [1.29, 1.82) is 0 Å². The molecule has 0 N–H and O–H groups in total. The third kappa shape index (κ3) is 5.57. The van der Waals surface area contributed by atoms with Crippen LogP contribution < -0.4 is 4.31 Å². The third-order valence-corrected chi connectivity index (χ3v) is 8.58. The summed E-state index contributed by atoms with van der Waals surface area (Å²) in [6, 6.07) is 30.8. The van der Waals surface area contributed by atoms with Crippen molar-refractivity contribution in [3.8, 4) is 0 Å². The number of benzene rings is 3. The second-order valence-corrected chi connectivity index (χ2v) is 11.0. The SMILES string of the molecule is O=C(c1ccc(N(Cc2ccccc2)S(=O)(=O)c2ccccc2)cc1)N1CCC(c2ccccn2)CC1. The molecule has 1 aliphatic heterocycles. The Hall–Kier alpha value is -3.97. The second kappa shape index (κ2) is 11.0. The van der Waals surface area contributed by atoms with Crippen molar-refractivity contribution in [3.05, 3.63) is 126 Å². The number of carbonyl (C=O) groups is 1. The lowest BCUT2D eigenvalue weighted by atomic mass is 9.92. The maximum absolute atomic E-state index is 13.6. The number of anilines is 1. The van der Waals surface area contributed by atoms with Crippen LogP contribution in [0.15, 0.2) is 114 Å². The minimum atomic E-state index is -3.81. The first-order chi connectivity index (χ1) is 18.0. The lowest BCUT2D eigenvalue weighted by Crippen LogP contribution is -2.38. The standard InChI is InChI=1S/C30H29N3O3S/c34-30(32-21-18-25(19-22-32)29-13-7-8-20-31-29)26-14-16-27(17-15-26)33(23-24-9-3-1-4-10-24)37(35,36)28-11-5-2-6-12-28/h1-17,20,25H,18-19,21-23H2. The van der Waals surface area contributed by atoms with Gasteiger partial charge in [0.2, 0.25) is 0 Å². The molecular weight excluding hydrogens is 482 g/mol. The quantitative estimate of drug-likeness (QED) is 0.329. The van der Waals surface area contributed by atoms with Crippen LogP contribution in [0.3, 0.4) is 0 Å². The Morgan fingerprint density at radius 3 is 2.05 bits per heavy atom. The van der Waals surface area contributed by atoms with Gasteiger partial charge in [-0.05, 0) is 66.9 Å². The third-order valence-electron chi connectivity index (χ3n) is 6.79. The van der Waals surface area contributed by atoms with E-state index in [1.807, 2.05) is 59.6 Å². The van der Waals surface area contributed by atoms with Gasteiger partial charge in [0.15, 0.2) is 0 Å². The number of likely N-dealkylation sites (tertiary alicyclic amines) is 1. The molecular formula is C30H29N3O3S. The van der Waals surface area contributed by atoms with Crippen LogP contribution in [0.2, 0.25) is 0 Å². The van der Waals surface area contributed by atoms with E-state index in [0.717, 1.165) is 24.1 Å². The van der Waals surface area contributed by atoms with Gasteiger partial charge >= 0.3 is 0 Å². The maximum Gasteiger partial charge on any atom is 0.264 e. The number of pyridine rings is 1. The molecule has 1 aromatic heterocycles. The average molecular weight is 512 g/mol. The molecule has 1 saturated heterocycles. The zero-order valence-electron chi connectivity index (χ0n) is 20.5. The lowest BCUT2D eigenvalue weighted by molar-refractivity contribution is 0.0712. The van der Waals surface area contributed by atoms with Crippen molar-refractivity contribution in [2.45, 2.75) is 30.2 Å². The normalized spacial score (nSPS) is 14.3. The molecule has 1 aliphatic rings. The van der Waals surface area contributed by atoms with Gasteiger partial charge in [-0.15, -0.1) is 0 Å². The van der Waals surface area contributed by atoms with Crippen LogP contribution in [-0.4, -0.2) is 37.3 Å². The smallest absolute Gasteiger partial charge is 0.264 e. The maximum atomic E-state index is 13.6. The molecule has 2 heterocycles. The highest BCUT2D eigenvalue weighted by Gasteiger charge is 2.27. The number of rotatable bonds is 7. The Morgan fingerprint density at radius 1 is 0.811 bits per heavy atom. The first-order valence-electron chi connectivity index (χ1n) is 12.4. The lowest BCUT2D eigenvalue weighted by Gasteiger charge is -2.32. The van der Waals surface area contributed by atoms with Crippen molar-refractivity contribution in [3.63, 3.8) is 0 Å². The molecule has 0 bridgehead atoms. The van der Waals surface area contributed by atoms with Gasteiger partial charge in [0.25, 0.3) is 15.9 Å². The van der Waals surface area contributed by atoms with E-state index >= 15 is 0 Å². The fourth-order valence-corrected chi connectivity index (χ4v) is 6.21. The summed E-state index contributed by atoms with van der Waals surface area (Å²) in [6.07, 6.45) is 3.56. The van der Waals surface area contributed by atoms with Gasteiger partial charge in [-0.25, -0.2) is 8.42 Å². The van der Waals surface area contributed by atoms with Crippen LogP contribution in [-0.2, 0) is 16.6 Å². The van der Waals surface area contributed by atoms with Crippen molar-refractivity contribution in [2.75, 3.05) is 17.4 Å². The number of sulfonamides is 1. The monoisotopic (exact) mass is 511 g/mol. The summed E-state index contributed by atoms with van der Waals surface area (Å²) >= 11 is 0. The summed E-state index contributed by atoms with van der Waals surface area (Å²) in [7, 11) is -3.81. The molecule has 7 heteroatoms. The Kier molecular flexibility index (Phi) is 7.32. The Morgan fingerprint density at radius 2 is 1.43 bits per heavy atom.